The number of hydrogen-bond donors (Lipinski definition) is 2. The van der Waals surface area contributed by atoms with E-state index >= 15 is 0 Å². The highest BCUT2D eigenvalue weighted by molar-refractivity contribution is 5.99. The van der Waals surface area contributed by atoms with Gasteiger partial charge in [0, 0.05) is 5.56 Å². The summed E-state index contributed by atoms with van der Waals surface area (Å²) < 4.78 is 15.7. The molecule has 0 heterocycles. The fraction of sp³-hybridized carbons (Fsp3) is 0.227. The van der Waals surface area contributed by atoms with E-state index in [1.807, 2.05) is 36.4 Å². The lowest BCUT2D eigenvalue weighted by molar-refractivity contribution is -0.120. The number of nitrogens with one attached hydrogen (secondary N) is 2. The Balaban J connectivity index is 1.93. The first-order chi connectivity index (χ1) is 14.5. The minimum absolute atomic E-state index is 0.241. The maximum atomic E-state index is 12.4. The van der Waals surface area contributed by atoms with Crippen LogP contribution in [0.5, 0.6) is 17.2 Å². The van der Waals surface area contributed by atoms with Gasteiger partial charge in [0.1, 0.15) is 0 Å². The van der Waals surface area contributed by atoms with Crippen molar-refractivity contribution in [3.8, 4) is 17.2 Å². The number of hydrogen-bond acceptors (Lipinski definition) is 6. The number of allylic oxidation sites excluding steroid dienone is 1. The van der Waals surface area contributed by atoms with Crippen molar-refractivity contribution in [3.63, 3.8) is 0 Å². The third-order valence-electron chi connectivity index (χ3n) is 4.01. The number of nitrogens with zero attached hydrogens (tertiary/aromatic N) is 1. The summed E-state index contributed by atoms with van der Waals surface area (Å²) in [6.45, 7) is 1.52. The average Bonchev–Trinajstić information content (AvgIpc) is 2.79. The monoisotopic (exact) mass is 411 g/mol. The molecule has 30 heavy (non-hydrogen) atoms. The molecule has 0 aliphatic rings. The molecule has 8 nitrogen and oxygen atoms in total. The van der Waals surface area contributed by atoms with Crippen LogP contribution >= 0.6 is 0 Å². The third kappa shape index (κ3) is 6.37. The Labute approximate surface area is 175 Å². The number of carbonyl (C=O) groups excluding carboxylic acids is 2. The summed E-state index contributed by atoms with van der Waals surface area (Å²) in [5.74, 6) is 0.147. The summed E-state index contributed by atoms with van der Waals surface area (Å²) in [6.07, 6.45) is 3.67. The number of rotatable bonds is 9. The predicted octanol–water partition coefficient (Wildman–Crippen LogP) is 2.65. The molecule has 8 heteroatoms. The quantitative estimate of drug-likeness (QED) is 0.488. The molecule has 0 bridgehead atoms. The smallest absolute Gasteiger partial charge is 0.259 e. The minimum atomic E-state index is -0.464. The lowest BCUT2D eigenvalue weighted by atomic mass is 10.1. The van der Waals surface area contributed by atoms with E-state index in [-0.39, 0.29) is 12.1 Å². The Kier molecular flexibility index (Phi) is 8.43. The zero-order chi connectivity index (χ0) is 21.9. The number of methoxy groups -OCH3 is 3. The fourth-order valence-electron chi connectivity index (χ4n) is 2.48. The van der Waals surface area contributed by atoms with Crippen LogP contribution in [0.3, 0.4) is 0 Å². The second kappa shape index (κ2) is 11.3. The molecule has 0 fully saturated rings. The second-order valence-corrected chi connectivity index (χ2v) is 6.13. The van der Waals surface area contributed by atoms with Crippen LogP contribution in [0.1, 0.15) is 22.8 Å². The molecule has 0 aromatic heterocycles. The molecule has 0 aliphatic heterocycles. The van der Waals surface area contributed by atoms with Gasteiger partial charge in [0.25, 0.3) is 11.8 Å². The van der Waals surface area contributed by atoms with E-state index in [1.54, 1.807) is 13.0 Å². The van der Waals surface area contributed by atoms with E-state index in [9.17, 15) is 9.59 Å². The summed E-state index contributed by atoms with van der Waals surface area (Å²) in [5, 5.41) is 6.52. The summed E-state index contributed by atoms with van der Waals surface area (Å²) in [4.78, 5) is 24.4. The molecule has 2 aromatic carbocycles. The lowest BCUT2D eigenvalue weighted by Crippen LogP contribution is -2.35. The normalized spacial score (nSPS) is 11.1. The topological polar surface area (TPSA) is 98.2 Å². The third-order valence-corrected chi connectivity index (χ3v) is 4.01. The van der Waals surface area contributed by atoms with E-state index in [2.05, 4.69) is 15.8 Å². The van der Waals surface area contributed by atoms with Crippen molar-refractivity contribution >= 4 is 23.6 Å². The molecule has 0 unspecified atom stereocenters. The van der Waals surface area contributed by atoms with Crippen molar-refractivity contribution in [3.05, 3.63) is 59.7 Å². The highest BCUT2D eigenvalue weighted by Crippen LogP contribution is 2.38. The maximum Gasteiger partial charge on any atom is 0.259 e. The molecular weight excluding hydrogens is 386 g/mol. The van der Waals surface area contributed by atoms with Crippen molar-refractivity contribution < 1.29 is 23.8 Å². The first kappa shape index (κ1) is 22.5. The highest BCUT2D eigenvalue weighted by Gasteiger charge is 2.17. The number of ether oxygens (including phenoxy) is 3. The highest BCUT2D eigenvalue weighted by atomic mass is 16.5. The lowest BCUT2D eigenvalue weighted by Gasteiger charge is -2.14. The van der Waals surface area contributed by atoms with E-state index in [4.69, 9.17) is 14.2 Å². The van der Waals surface area contributed by atoms with Gasteiger partial charge in [-0.25, -0.2) is 5.43 Å². The van der Waals surface area contributed by atoms with Crippen LogP contribution in [0.25, 0.3) is 6.08 Å². The molecule has 0 atom stereocenters. The number of carbonyl (C=O) groups is 2. The molecule has 0 aliphatic carbocycles. The summed E-state index contributed by atoms with van der Waals surface area (Å²) in [7, 11) is 4.39. The van der Waals surface area contributed by atoms with Gasteiger partial charge in [-0.2, -0.15) is 5.10 Å². The maximum absolute atomic E-state index is 12.4. The van der Waals surface area contributed by atoms with Crippen molar-refractivity contribution in [2.75, 3.05) is 27.9 Å². The summed E-state index contributed by atoms with van der Waals surface area (Å²) in [5.41, 5.74) is 4.31. The largest absolute Gasteiger partial charge is 0.493 e. The molecule has 0 saturated carbocycles. The Morgan fingerprint density at radius 1 is 1.00 bits per heavy atom. The molecule has 0 radical (unpaired) electrons. The Morgan fingerprint density at radius 2 is 1.63 bits per heavy atom. The van der Waals surface area contributed by atoms with E-state index < -0.39 is 11.8 Å². The van der Waals surface area contributed by atoms with Crippen molar-refractivity contribution in [1.29, 1.82) is 0 Å². The molecule has 2 rings (SSSR count). The molecule has 2 aromatic rings. The second-order valence-electron chi connectivity index (χ2n) is 6.13. The molecule has 158 valence electrons. The van der Waals surface area contributed by atoms with Gasteiger partial charge in [-0.15, -0.1) is 0 Å². The van der Waals surface area contributed by atoms with Crippen LogP contribution in [0.15, 0.2) is 53.6 Å². The average molecular weight is 411 g/mol. The van der Waals surface area contributed by atoms with Crippen molar-refractivity contribution in [1.82, 2.24) is 10.7 Å². The number of hydrazone groups is 1. The van der Waals surface area contributed by atoms with Gasteiger partial charge in [0.05, 0.1) is 33.6 Å². The van der Waals surface area contributed by atoms with Crippen LogP contribution in [-0.2, 0) is 4.79 Å². The van der Waals surface area contributed by atoms with Crippen molar-refractivity contribution in [2.45, 2.75) is 6.92 Å². The van der Waals surface area contributed by atoms with Gasteiger partial charge in [-0.1, -0.05) is 36.4 Å². The summed E-state index contributed by atoms with van der Waals surface area (Å²) >= 11 is 0. The molecule has 0 saturated heterocycles. The Hall–Kier alpha value is -3.81. The van der Waals surface area contributed by atoms with Gasteiger partial charge in [0.15, 0.2) is 11.5 Å². The standard InChI is InChI=1S/C22H25N3O5/c1-15(10-11-16-8-6-5-7-9-16)24-25-20(26)14-23-22(27)17-12-18(28-2)21(30-4)19(13-17)29-3/h5-13H,14H2,1-4H3,(H,23,27)(H,25,26)/b11-10+,24-15?. The van der Waals surface area contributed by atoms with Crippen LogP contribution < -0.4 is 25.0 Å². The molecule has 2 N–H and O–H groups in total. The molecular formula is C22H25N3O5. The Morgan fingerprint density at radius 3 is 2.20 bits per heavy atom. The van der Waals surface area contributed by atoms with E-state index in [0.29, 0.717) is 23.0 Å². The van der Waals surface area contributed by atoms with Gasteiger partial charge >= 0.3 is 0 Å². The first-order valence-corrected chi connectivity index (χ1v) is 9.13. The zero-order valence-electron chi connectivity index (χ0n) is 17.4. The first-order valence-electron chi connectivity index (χ1n) is 9.13. The number of amides is 2. The Bertz CT molecular complexity index is 914. The van der Waals surface area contributed by atoms with E-state index in [0.717, 1.165) is 5.56 Å². The van der Waals surface area contributed by atoms with Crippen LogP contribution in [0.4, 0.5) is 0 Å². The van der Waals surface area contributed by atoms with Crippen molar-refractivity contribution in [2.24, 2.45) is 5.10 Å². The van der Waals surface area contributed by atoms with Crippen LogP contribution in [0, 0.1) is 0 Å². The van der Waals surface area contributed by atoms with Gasteiger partial charge in [-0.3, -0.25) is 9.59 Å². The van der Waals surface area contributed by atoms with Crippen LogP contribution in [-0.4, -0.2) is 45.4 Å². The SMILES string of the molecule is COc1cc(C(=O)NCC(=O)NN=C(C)/C=C/c2ccccc2)cc(OC)c1OC. The molecule has 2 amide bonds. The van der Waals surface area contributed by atoms with Crippen LogP contribution in [0.2, 0.25) is 0 Å². The summed E-state index contributed by atoms with van der Waals surface area (Å²) in [6, 6.07) is 12.7. The van der Waals surface area contributed by atoms with Gasteiger partial charge in [0.2, 0.25) is 5.75 Å². The van der Waals surface area contributed by atoms with Gasteiger partial charge in [-0.05, 0) is 30.7 Å². The van der Waals surface area contributed by atoms with E-state index in [1.165, 1.54) is 33.5 Å². The predicted molar refractivity (Wildman–Crippen MR) is 115 cm³/mol. The fourth-order valence-corrected chi connectivity index (χ4v) is 2.48. The minimum Gasteiger partial charge on any atom is -0.493 e. The zero-order valence-corrected chi connectivity index (χ0v) is 17.4. The van der Waals surface area contributed by atoms with Gasteiger partial charge < -0.3 is 19.5 Å². The molecule has 0 spiro atoms. The number of benzene rings is 2.